The van der Waals surface area contributed by atoms with Crippen LogP contribution in [0.5, 0.6) is 0 Å². The largest absolute Gasteiger partial charge is 0.392 e. The summed E-state index contributed by atoms with van der Waals surface area (Å²) in [6, 6.07) is 0. The lowest BCUT2D eigenvalue weighted by Gasteiger charge is -2.17. The first-order valence-corrected chi connectivity index (χ1v) is 6.75. The molecule has 1 atom stereocenters. The molecule has 4 heteroatoms. The van der Waals surface area contributed by atoms with Gasteiger partial charge in [0.25, 0.3) is 0 Å². The number of hydrogen-bond acceptors (Lipinski definition) is 2. The number of hydrogen-bond donors (Lipinski definition) is 1. The Morgan fingerprint density at radius 3 is 2.62 bits per heavy atom. The maximum atomic E-state index is 10.2. The smallest absolute Gasteiger partial charge is 0.0738 e. The second-order valence-electron chi connectivity index (χ2n) is 4.79. The molecule has 2 rings (SSSR count). The van der Waals surface area contributed by atoms with Gasteiger partial charge in [-0.2, -0.15) is 5.10 Å². The second kappa shape index (κ2) is 4.88. The summed E-state index contributed by atoms with van der Waals surface area (Å²) in [5.41, 5.74) is 2.10. The Labute approximate surface area is 105 Å². The minimum atomic E-state index is -0.214. The van der Waals surface area contributed by atoms with Gasteiger partial charge in [0, 0.05) is 13.5 Å². The molecule has 3 nitrogen and oxygen atoms in total. The van der Waals surface area contributed by atoms with Crippen LogP contribution in [-0.2, 0) is 13.5 Å². The van der Waals surface area contributed by atoms with Gasteiger partial charge in [0.15, 0.2) is 0 Å². The predicted molar refractivity (Wildman–Crippen MR) is 67.3 cm³/mol. The molecule has 0 aliphatic heterocycles. The van der Waals surface area contributed by atoms with Gasteiger partial charge in [-0.15, -0.1) is 0 Å². The zero-order valence-corrected chi connectivity index (χ0v) is 11.5. The fraction of sp³-hybridized carbons (Fsp3) is 0.750. The summed E-state index contributed by atoms with van der Waals surface area (Å²) in [4.78, 5) is 0. The van der Waals surface area contributed by atoms with Crippen LogP contribution in [0.4, 0.5) is 0 Å². The molecule has 1 fully saturated rings. The van der Waals surface area contributed by atoms with Gasteiger partial charge in [-0.25, -0.2) is 0 Å². The predicted octanol–water partition coefficient (Wildman–Crippen LogP) is 2.58. The summed E-state index contributed by atoms with van der Waals surface area (Å²) < 4.78 is 2.92. The maximum absolute atomic E-state index is 10.2. The Balaban J connectivity index is 2.07. The van der Waals surface area contributed by atoms with Gasteiger partial charge in [0.05, 0.1) is 22.0 Å². The lowest BCUT2D eigenvalue weighted by atomic mass is 9.97. The molecule has 1 heterocycles. The average molecular weight is 287 g/mol. The summed E-state index contributed by atoms with van der Waals surface area (Å²) >= 11 is 3.54. The fourth-order valence-corrected chi connectivity index (χ4v) is 3.11. The molecule has 1 aliphatic carbocycles. The van der Waals surface area contributed by atoms with E-state index in [1.165, 1.54) is 25.7 Å². The van der Waals surface area contributed by atoms with E-state index in [-0.39, 0.29) is 6.10 Å². The van der Waals surface area contributed by atoms with Gasteiger partial charge in [-0.3, -0.25) is 4.68 Å². The van der Waals surface area contributed by atoms with Crippen LogP contribution in [0.2, 0.25) is 0 Å². The van der Waals surface area contributed by atoms with Crippen molar-refractivity contribution in [3.8, 4) is 0 Å². The van der Waals surface area contributed by atoms with E-state index in [4.69, 9.17) is 0 Å². The Morgan fingerprint density at radius 1 is 1.50 bits per heavy atom. The summed E-state index contributed by atoms with van der Waals surface area (Å²) in [6.07, 6.45) is 5.39. The minimum absolute atomic E-state index is 0.214. The molecule has 1 unspecified atom stereocenters. The normalized spacial score (nSPS) is 19.2. The fourth-order valence-electron chi connectivity index (χ4n) is 2.61. The number of halogens is 1. The van der Waals surface area contributed by atoms with Crippen LogP contribution < -0.4 is 0 Å². The lowest BCUT2D eigenvalue weighted by molar-refractivity contribution is 0.109. The van der Waals surface area contributed by atoms with Crippen molar-refractivity contribution < 1.29 is 5.11 Å². The highest BCUT2D eigenvalue weighted by atomic mass is 79.9. The van der Waals surface area contributed by atoms with E-state index in [1.54, 1.807) is 0 Å². The van der Waals surface area contributed by atoms with Crippen LogP contribution in [0.25, 0.3) is 0 Å². The molecule has 1 aliphatic rings. The Morgan fingerprint density at radius 2 is 2.12 bits per heavy atom. The van der Waals surface area contributed by atoms with Gasteiger partial charge in [-0.05, 0) is 41.6 Å². The van der Waals surface area contributed by atoms with E-state index in [9.17, 15) is 5.11 Å². The van der Waals surface area contributed by atoms with Crippen molar-refractivity contribution in [2.24, 2.45) is 13.0 Å². The first kappa shape index (κ1) is 12.1. The standard InChI is InChI=1S/C12H19BrN2O/c1-8-12(13)10(15(2)14-8)7-11(16)9-5-3-4-6-9/h9,11,16H,3-7H2,1-2H3. The van der Waals surface area contributed by atoms with E-state index >= 15 is 0 Å². The summed E-state index contributed by atoms with van der Waals surface area (Å²) in [5, 5.41) is 14.5. The number of aromatic nitrogens is 2. The van der Waals surface area contributed by atoms with Gasteiger partial charge < -0.3 is 5.11 Å². The zero-order chi connectivity index (χ0) is 11.7. The van der Waals surface area contributed by atoms with Gasteiger partial charge in [0.2, 0.25) is 0 Å². The number of nitrogens with zero attached hydrogens (tertiary/aromatic N) is 2. The number of aliphatic hydroxyl groups is 1. The first-order valence-electron chi connectivity index (χ1n) is 5.95. The molecule has 1 aromatic heterocycles. The van der Waals surface area contributed by atoms with Crippen LogP contribution in [0, 0.1) is 12.8 Å². The van der Waals surface area contributed by atoms with E-state index in [1.807, 2.05) is 18.7 Å². The van der Waals surface area contributed by atoms with Crippen molar-refractivity contribution in [1.29, 1.82) is 0 Å². The molecule has 90 valence electrons. The van der Waals surface area contributed by atoms with Crippen molar-refractivity contribution in [3.63, 3.8) is 0 Å². The third-order valence-corrected chi connectivity index (χ3v) is 4.64. The van der Waals surface area contributed by atoms with Gasteiger partial charge in [0.1, 0.15) is 0 Å². The van der Waals surface area contributed by atoms with Gasteiger partial charge in [-0.1, -0.05) is 12.8 Å². The van der Waals surface area contributed by atoms with Crippen LogP contribution in [0.3, 0.4) is 0 Å². The molecule has 16 heavy (non-hydrogen) atoms. The quantitative estimate of drug-likeness (QED) is 0.928. The first-order chi connectivity index (χ1) is 7.59. The van der Waals surface area contributed by atoms with E-state index < -0.39 is 0 Å². The highest BCUT2D eigenvalue weighted by Gasteiger charge is 2.25. The average Bonchev–Trinajstić information content (AvgIpc) is 2.83. The summed E-state index contributed by atoms with van der Waals surface area (Å²) in [6.45, 7) is 1.98. The third kappa shape index (κ3) is 2.33. The molecule has 0 amide bonds. The maximum Gasteiger partial charge on any atom is 0.0738 e. The van der Waals surface area contributed by atoms with Crippen molar-refractivity contribution in [2.75, 3.05) is 0 Å². The molecule has 0 radical (unpaired) electrons. The molecular weight excluding hydrogens is 268 g/mol. The molecule has 0 saturated heterocycles. The zero-order valence-electron chi connectivity index (χ0n) is 9.91. The van der Waals surface area contributed by atoms with Crippen LogP contribution in [-0.4, -0.2) is 21.0 Å². The summed E-state index contributed by atoms with van der Waals surface area (Å²) in [5.74, 6) is 0.488. The topological polar surface area (TPSA) is 38.0 Å². The number of rotatable bonds is 3. The Hall–Kier alpha value is -0.350. The van der Waals surface area contributed by atoms with Crippen LogP contribution >= 0.6 is 15.9 Å². The number of aryl methyl sites for hydroxylation is 2. The monoisotopic (exact) mass is 286 g/mol. The minimum Gasteiger partial charge on any atom is -0.392 e. The van der Waals surface area contributed by atoms with Crippen LogP contribution in [0.1, 0.15) is 37.1 Å². The molecule has 0 aromatic carbocycles. The molecule has 1 saturated carbocycles. The Bertz CT molecular complexity index is 369. The van der Waals surface area contributed by atoms with E-state index in [2.05, 4.69) is 21.0 Å². The SMILES string of the molecule is Cc1nn(C)c(CC(O)C2CCCC2)c1Br. The Kier molecular flexibility index (Phi) is 3.70. The molecule has 1 N–H and O–H groups in total. The van der Waals surface area contributed by atoms with Crippen molar-refractivity contribution >= 4 is 15.9 Å². The van der Waals surface area contributed by atoms with Gasteiger partial charge >= 0.3 is 0 Å². The highest BCUT2D eigenvalue weighted by Crippen LogP contribution is 2.30. The van der Waals surface area contributed by atoms with Crippen molar-refractivity contribution in [2.45, 2.75) is 45.1 Å². The van der Waals surface area contributed by atoms with Crippen molar-refractivity contribution in [3.05, 3.63) is 15.9 Å². The molecule has 0 bridgehead atoms. The van der Waals surface area contributed by atoms with E-state index in [0.29, 0.717) is 12.3 Å². The number of aliphatic hydroxyl groups excluding tert-OH is 1. The lowest BCUT2D eigenvalue weighted by Crippen LogP contribution is -2.21. The van der Waals surface area contributed by atoms with E-state index in [0.717, 1.165) is 15.9 Å². The molecular formula is C12H19BrN2O. The van der Waals surface area contributed by atoms with Crippen LogP contribution in [0.15, 0.2) is 4.47 Å². The van der Waals surface area contributed by atoms with Crippen molar-refractivity contribution in [1.82, 2.24) is 9.78 Å². The third-order valence-electron chi connectivity index (χ3n) is 3.61. The molecule has 1 aromatic rings. The second-order valence-corrected chi connectivity index (χ2v) is 5.58. The summed E-state index contributed by atoms with van der Waals surface area (Å²) in [7, 11) is 1.94. The highest BCUT2D eigenvalue weighted by molar-refractivity contribution is 9.10. The molecule has 0 spiro atoms.